The number of benzene rings is 1. The number of nitro groups is 1. The van der Waals surface area contributed by atoms with Crippen LogP contribution in [0, 0.1) is 24.0 Å². The van der Waals surface area contributed by atoms with Crippen molar-refractivity contribution >= 4 is 17.4 Å². The van der Waals surface area contributed by atoms with Crippen LogP contribution < -0.4 is 0 Å². The number of carboxylic acids is 1. The normalized spacial score (nSPS) is 10.6. The molecule has 1 N–H and O–H groups in total. The fourth-order valence-corrected chi connectivity index (χ4v) is 1.42. The molecular formula is C12H11NO5. The van der Waals surface area contributed by atoms with E-state index in [1.54, 1.807) is 13.8 Å². The van der Waals surface area contributed by atoms with Gasteiger partial charge in [-0.2, -0.15) is 0 Å². The second-order valence-electron chi connectivity index (χ2n) is 3.73. The number of allylic oxidation sites excluding steroid dienone is 1. The second kappa shape index (κ2) is 5.22. The third-order valence-electron chi connectivity index (χ3n) is 2.50. The lowest BCUT2D eigenvalue weighted by Crippen LogP contribution is -2.01. The molecule has 1 rings (SSSR count). The average Bonchev–Trinajstić information content (AvgIpc) is 2.28. The molecule has 0 saturated carbocycles. The third kappa shape index (κ3) is 3.00. The maximum absolute atomic E-state index is 11.6. The summed E-state index contributed by atoms with van der Waals surface area (Å²) in [6, 6.07) is 2.65. The van der Waals surface area contributed by atoms with E-state index >= 15 is 0 Å². The first-order valence-electron chi connectivity index (χ1n) is 5.04. The highest BCUT2D eigenvalue weighted by Gasteiger charge is 2.16. The number of carbonyl (C=O) groups is 2. The molecule has 0 unspecified atom stereocenters. The summed E-state index contributed by atoms with van der Waals surface area (Å²) >= 11 is 0. The topological polar surface area (TPSA) is 97.5 Å². The molecule has 6 nitrogen and oxygen atoms in total. The van der Waals surface area contributed by atoms with E-state index in [0.29, 0.717) is 17.2 Å². The molecule has 0 heterocycles. The van der Waals surface area contributed by atoms with Crippen LogP contribution in [0.3, 0.4) is 0 Å². The fourth-order valence-electron chi connectivity index (χ4n) is 1.42. The summed E-state index contributed by atoms with van der Waals surface area (Å²) < 4.78 is 0. The molecule has 0 spiro atoms. The lowest BCUT2D eigenvalue weighted by atomic mass is 10.0. The van der Waals surface area contributed by atoms with Gasteiger partial charge in [-0.25, -0.2) is 4.79 Å². The van der Waals surface area contributed by atoms with Gasteiger partial charge in [0.2, 0.25) is 0 Å². The Kier molecular flexibility index (Phi) is 3.93. The van der Waals surface area contributed by atoms with Crippen molar-refractivity contribution in [2.24, 2.45) is 0 Å². The zero-order valence-corrected chi connectivity index (χ0v) is 9.84. The summed E-state index contributed by atoms with van der Waals surface area (Å²) in [5, 5.41) is 19.2. The largest absolute Gasteiger partial charge is 0.478 e. The Morgan fingerprint density at radius 1 is 1.28 bits per heavy atom. The number of carboxylic acid groups (broad SMARTS) is 1. The molecule has 1 aromatic rings. The van der Waals surface area contributed by atoms with Crippen LogP contribution in [0.15, 0.2) is 24.3 Å². The summed E-state index contributed by atoms with van der Waals surface area (Å²) in [4.78, 5) is 32.1. The highest BCUT2D eigenvalue weighted by molar-refractivity contribution is 6.07. The lowest BCUT2D eigenvalue weighted by molar-refractivity contribution is -0.385. The number of nitro benzene ring substituents is 1. The predicted octanol–water partition coefficient (Wildman–Crippen LogP) is 2.04. The van der Waals surface area contributed by atoms with Crippen LogP contribution in [0.5, 0.6) is 0 Å². The van der Waals surface area contributed by atoms with Gasteiger partial charge in [0.15, 0.2) is 5.78 Å². The number of ketones is 1. The predicted molar refractivity (Wildman–Crippen MR) is 63.7 cm³/mol. The molecule has 0 fully saturated rings. The van der Waals surface area contributed by atoms with E-state index in [4.69, 9.17) is 5.11 Å². The van der Waals surface area contributed by atoms with E-state index in [0.717, 1.165) is 12.1 Å². The molecule has 0 atom stereocenters. The number of nitrogens with zero attached hydrogens (tertiary/aromatic N) is 1. The second-order valence-corrected chi connectivity index (χ2v) is 3.73. The van der Waals surface area contributed by atoms with Crippen LogP contribution in [0.1, 0.15) is 21.5 Å². The summed E-state index contributed by atoms with van der Waals surface area (Å²) in [7, 11) is 0. The standard InChI is InChI=1S/C12H11NO5/c1-7-5-9(11(14)3-4-12(15)16)6-10(8(7)2)13(17)18/h3-6H,1-2H3,(H,15,16)/b4-3+. The fraction of sp³-hybridized carbons (Fsp3) is 0.167. The first-order chi connectivity index (χ1) is 8.32. The Morgan fingerprint density at radius 2 is 1.89 bits per heavy atom. The quantitative estimate of drug-likeness (QED) is 0.381. The van der Waals surface area contributed by atoms with Crippen molar-refractivity contribution in [3.8, 4) is 0 Å². The van der Waals surface area contributed by atoms with Crippen molar-refractivity contribution in [1.82, 2.24) is 0 Å². The van der Waals surface area contributed by atoms with Crippen LogP contribution in [0.2, 0.25) is 0 Å². The molecule has 94 valence electrons. The minimum absolute atomic E-state index is 0.0994. The Labute approximate surface area is 103 Å². The minimum atomic E-state index is -1.25. The van der Waals surface area contributed by atoms with Crippen LogP contribution in [-0.4, -0.2) is 21.8 Å². The van der Waals surface area contributed by atoms with Crippen LogP contribution in [0.4, 0.5) is 5.69 Å². The van der Waals surface area contributed by atoms with Gasteiger partial charge in [0.25, 0.3) is 5.69 Å². The molecular weight excluding hydrogens is 238 g/mol. The van der Waals surface area contributed by atoms with Crippen LogP contribution in [-0.2, 0) is 4.79 Å². The van der Waals surface area contributed by atoms with E-state index in [9.17, 15) is 19.7 Å². The van der Waals surface area contributed by atoms with E-state index in [1.165, 1.54) is 6.07 Å². The molecule has 6 heteroatoms. The zero-order chi connectivity index (χ0) is 13.9. The van der Waals surface area contributed by atoms with Gasteiger partial charge in [0.1, 0.15) is 0 Å². The molecule has 0 amide bonds. The number of aryl methyl sites for hydroxylation is 1. The molecule has 0 bridgehead atoms. The van der Waals surface area contributed by atoms with E-state index < -0.39 is 16.7 Å². The zero-order valence-electron chi connectivity index (χ0n) is 9.84. The summed E-state index contributed by atoms with van der Waals surface area (Å²) in [5.41, 5.74) is 1.04. The summed E-state index contributed by atoms with van der Waals surface area (Å²) in [5.74, 6) is -1.83. The number of hydrogen-bond donors (Lipinski definition) is 1. The maximum atomic E-state index is 11.6. The summed E-state index contributed by atoms with van der Waals surface area (Å²) in [6.45, 7) is 3.24. The molecule has 1 aromatic carbocycles. The smallest absolute Gasteiger partial charge is 0.328 e. The number of carbonyl (C=O) groups excluding carboxylic acids is 1. The SMILES string of the molecule is Cc1cc(C(=O)/C=C/C(=O)O)cc([N+](=O)[O-])c1C. The Balaban J connectivity index is 3.23. The van der Waals surface area contributed by atoms with Gasteiger partial charge in [0, 0.05) is 23.3 Å². The van der Waals surface area contributed by atoms with Crippen molar-refractivity contribution in [2.45, 2.75) is 13.8 Å². The van der Waals surface area contributed by atoms with Crippen molar-refractivity contribution in [2.75, 3.05) is 0 Å². The number of rotatable bonds is 4. The van der Waals surface area contributed by atoms with Crippen molar-refractivity contribution < 1.29 is 19.6 Å². The van der Waals surface area contributed by atoms with E-state index in [1.807, 2.05) is 0 Å². The Hall–Kier alpha value is -2.50. The Morgan fingerprint density at radius 3 is 2.39 bits per heavy atom. The monoisotopic (exact) mass is 249 g/mol. The van der Waals surface area contributed by atoms with Gasteiger partial charge < -0.3 is 5.11 Å². The maximum Gasteiger partial charge on any atom is 0.328 e. The third-order valence-corrected chi connectivity index (χ3v) is 2.50. The molecule has 0 radical (unpaired) electrons. The molecule has 18 heavy (non-hydrogen) atoms. The molecule has 0 aliphatic rings. The van der Waals surface area contributed by atoms with Crippen molar-refractivity contribution in [3.05, 3.63) is 51.1 Å². The minimum Gasteiger partial charge on any atom is -0.478 e. The highest BCUT2D eigenvalue weighted by Crippen LogP contribution is 2.23. The van der Waals surface area contributed by atoms with Gasteiger partial charge in [0.05, 0.1) is 4.92 Å². The van der Waals surface area contributed by atoms with E-state index in [2.05, 4.69) is 0 Å². The molecule has 0 aromatic heterocycles. The Bertz CT molecular complexity index is 560. The van der Waals surface area contributed by atoms with E-state index in [-0.39, 0.29) is 11.3 Å². The average molecular weight is 249 g/mol. The number of aliphatic carboxylic acids is 1. The molecule has 0 aliphatic heterocycles. The summed E-state index contributed by atoms with van der Waals surface area (Å²) in [6.07, 6.45) is 1.57. The van der Waals surface area contributed by atoms with Crippen LogP contribution in [0.25, 0.3) is 0 Å². The number of hydrogen-bond acceptors (Lipinski definition) is 4. The van der Waals surface area contributed by atoms with Gasteiger partial charge in [-0.05, 0) is 31.6 Å². The first kappa shape index (κ1) is 13.6. The van der Waals surface area contributed by atoms with Crippen molar-refractivity contribution in [1.29, 1.82) is 0 Å². The van der Waals surface area contributed by atoms with Gasteiger partial charge in [-0.3, -0.25) is 14.9 Å². The lowest BCUT2D eigenvalue weighted by Gasteiger charge is -2.04. The van der Waals surface area contributed by atoms with Crippen LogP contribution >= 0.6 is 0 Å². The molecule has 0 aliphatic carbocycles. The first-order valence-corrected chi connectivity index (χ1v) is 5.04. The van der Waals surface area contributed by atoms with Gasteiger partial charge in [-0.15, -0.1) is 0 Å². The molecule has 0 saturated heterocycles. The highest BCUT2D eigenvalue weighted by atomic mass is 16.6. The van der Waals surface area contributed by atoms with Crippen molar-refractivity contribution in [3.63, 3.8) is 0 Å². The van der Waals surface area contributed by atoms with Gasteiger partial charge >= 0.3 is 5.97 Å². The van der Waals surface area contributed by atoms with Gasteiger partial charge in [-0.1, -0.05) is 0 Å².